The van der Waals surface area contributed by atoms with Gasteiger partial charge in [-0.1, -0.05) is 66.6 Å². The molecule has 0 radical (unpaired) electrons. The summed E-state index contributed by atoms with van der Waals surface area (Å²) in [6.45, 7) is 3.58. The van der Waals surface area contributed by atoms with Crippen LogP contribution >= 0.6 is 0 Å². The largest absolute Gasteiger partial charge is 0.377 e. The zero-order valence-electron chi connectivity index (χ0n) is 15.0. The third-order valence-corrected chi connectivity index (χ3v) is 3.53. The van der Waals surface area contributed by atoms with Gasteiger partial charge in [-0.25, -0.2) is 0 Å². The number of ether oxygens (including phenoxy) is 3. The number of nitrogens with zero attached hydrogens (tertiary/aromatic N) is 1. The van der Waals surface area contributed by atoms with Crippen molar-refractivity contribution in [1.29, 1.82) is 0 Å². The van der Waals surface area contributed by atoms with E-state index < -0.39 is 0 Å². The van der Waals surface area contributed by atoms with Gasteiger partial charge in [-0.05, 0) is 0 Å². The van der Waals surface area contributed by atoms with Gasteiger partial charge in [0.2, 0.25) is 0 Å². The maximum atomic E-state index is 5.58. The molecule has 0 amide bonds. The zero-order chi connectivity index (χ0) is 18.3. The smallest absolute Gasteiger partial charge is 0.107 e. The summed E-state index contributed by atoms with van der Waals surface area (Å²) in [4.78, 5) is 4.74. The van der Waals surface area contributed by atoms with Gasteiger partial charge in [-0.15, -0.1) is 6.42 Å². The van der Waals surface area contributed by atoms with Crippen LogP contribution in [0.3, 0.4) is 0 Å². The van der Waals surface area contributed by atoms with Gasteiger partial charge < -0.3 is 14.2 Å². The highest BCUT2D eigenvalue weighted by molar-refractivity contribution is 6.12. The fraction of sp³-hybridized carbons (Fsp3) is 0.318. The van der Waals surface area contributed by atoms with E-state index in [2.05, 4.69) is 30.2 Å². The molecule has 4 nitrogen and oxygen atoms in total. The van der Waals surface area contributed by atoms with Crippen molar-refractivity contribution in [3.63, 3.8) is 0 Å². The van der Waals surface area contributed by atoms with Crippen LogP contribution in [0.1, 0.15) is 11.1 Å². The molecule has 0 aliphatic rings. The number of aliphatic imine (C=N–C) groups is 1. The summed E-state index contributed by atoms with van der Waals surface area (Å²) in [5.74, 6) is 2.41. The second-order valence-corrected chi connectivity index (χ2v) is 5.44. The lowest BCUT2D eigenvalue weighted by Gasteiger charge is -2.08. The Morgan fingerprint density at radius 2 is 1.23 bits per heavy atom. The van der Waals surface area contributed by atoms with E-state index in [0.717, 1.165) is 16.8 Å². The van der Waals surface area contributed by atoms with E-state index in [1.54, 1.807) is 0 Å². The van der Waals surface area contributed by atoms with Gasteiger partial charge in [0, 0.05) is 11.1 Å². The van der Waals surface area contributed by atoms with Crippen molar-refractivity contribution in [2.75, 3.05) is 46.2 Å². The molecule has 0 fully saturated rings. The van der Waals surface area contributed by atoms with Crippen molar-refractivity contribution in [1.82, 2.24) is 0 Å². The van der Waals surface area contributed by atoms with Crippen molar-refractivity contribution >= 4 is 5.71 Å². The van der Waals surface area contributed by atoms with Gasteiger partial charge in [-0.2, -0.15) is 0 Å². The van der Waals surface area contributed by atoms with Crippen molar-refractivity contribution < 1.29 is 14.2 Å². The van der Waals surface area contributed by atoms with Crippen LogP contribution in [-0.2, 0) is 14.2 Å². The summed E-state index contributed by atoms with van der Waals surface area (Å²) in [6, 6.07) is 20.4. The summed E-state index contributed by atoms with van der Waals surface area (Å²) in [7, 11) is 0. The zero-order valence-corrected chi connectivity index (χ0v) is 15.0. The Bertz CT molecular complexity index is 636. The highest BCUT2D eigenvalue weighted by Crippen LogP contribution is 2.10. The molecule has 0 saturated carbocycles. The number of benzene rings is 2. The maximum absolute atomic E-state index is 5.58. The molecule has 136 valence electrons. The van der Waals surface area contributed by atoms with Gasteiger partial charge in [0.15, 0.2) is 0 Å². The van der Waals surface area contributed by atoms with Crippen LogP contribution in [0, 0.1) is 12.3 Å². The normalized spacial score (nSPS) is 10.3. The van der Waals surface area contributed by atoms with Gasteiger partial charge in [-0.3, -0.25) is 4.99 Å². The van der Waals surface area contributed by atoms with E-state index in [1.165, 1.54) is 0 Å². The monoisotopic (exact) mass is 351 g/mol. The first-order valence-corrected chi connectivity index (χ1v) is 8.74. The molecule has 0 heterocycles. The predicted molar refractivity (Wildman–Crippen MR) is 105 cm³/mol. The molecule has 0 aliphatic heterocycles. The molecular formula is C22H25NO3. The maximum Gasteiger partial charge on any atom is 0.107 e. The van der Waals surface area contributed by atoms with Crippen molar-refractivity contribution in [2.45, 2.75) is 0 Å². The molecule has 0 atom stereocenters. The molecule has 0 aliphatic carbocycles. The highest BCUT2D eigenvalue weighted by Gasteiger charge is 2.05. The van der Waals surface area contributed by atoms with E-state index in [9.17, 15) is 0 Å². The minimum absolute atomic E-state index is 0.322. The molecule has 2 rings (SSSR count). The molecular weight excluding hydrogens is 326 g/mol. The molecule has 2 aromatic carbocycles. The van der Waals surface area contributed by atoms with Gasteiger partial charge in [0.25, 0.3) is 0 Å². The molecule has 0 spiro atoms. The average Bonchev–Trinajstić information content (AvgIpc) is 2.70. The van der Waals surface area contributed by atoms with E-state index in [-0.39, 0.29) is 0 Å². The first-order valence-electron chi connectivity index (χ1n) is 8.74. The van der Waals surface area contributed by atoms with E-state index in [1.807, 2.05) is 36.4 Å². The number of hydrogen-bond donors (Lipinski definition) is 0. The van der Waals surface area contributed by atoms with Crippen LogP contribution in [0.5, 0.6) is 0 Å². The van der Waals surface area contributed by atoms with Gasteiger partial charge >= 0.3 is 0 Å². The fourth-order valence-corrected chi connectivity index (χ4v) is 2.33. The lowest BCUT2D eigenvalue weighted by molar-refractivity contribution is 0.0220. The summed E-state index contributed by atoms with van der Waals surface area (Å²) in [6.07, 6.45) is 5.09. The van der Waals surface area contributed by atoms with E-state index >= 15 is 0 Å². The Morgan fingerprint density at radius 3 is 1.77 bits per heavy atom. The lowest BCUT2D eigenvalue weighted by atomic mass is 10.0. The van der Waals surface area contributed by atoms with Crippen LogP contribution in [0.15, 0.2) is 65.7 Å². The fourth-order valence-electron chi connectivity index (χ4n) is 2.33. The molecule has 26 heavy (non-hydrogen) atoms. The van der Waals surface area contributed by atoms with Crippen molar-refractivity contribution in [3.05, 3.63) is 71.8 Å². The summed E-state index contributed by atoms with van der Waals surface area (Å²) >= 11 is 0. The third-order valence-electron chi connectivity index (χ3n) is 3.53. The van der Waals surface area contributed by atoms with E-state index in [4.69, 9.17) is 25.6 Å². The lowest BCUT2D eigenvalue weighted by Crippen LogP contribution is -2.11. The number of terminal acetylenes is 1. The predicted octanol–water partition coefficient (Wildman–Crippen LogP) is 3.21. The SMILES string of the molecule is C#CCOCCOCCOCCN=C(c1ccccc1)c1ccccc1. The Kier molecular flexibility index (Phi) is 9.82. The minimum atomic E-state index is 0.322. The Balaban J connectivity index is 1.73. The van der Waals surface area contributed by atoms with Gasteiger partial charge in [0.05, 0.1) is 45.3 Å². The Morgan fingerprint density at radius 1 is 0.731 bits per heavy atom. The first-order chi connectivity index (χ1) is 12.9. The number of hydrogen-bond acceptors (Lipinski definition) is 4. The minimum Gasteiger partial charge on any atom is -0.377 e. The van der Waals surface area contributed by atoms with Crippen LogP contribution in [-0.4, -0.2) is 51.9 Å². The third kappa shape index (κ3) is 7.62. The molecule has 0 saturated heterocycles. The van der Waals surface area contributed by atoms with Crippen LogP contribution in [0.2, 0.25) is 0 Å². The second kappa shape index (κ2) is 12.8. The highest BCUT2D eigenvalue weighted by atomic mass is 16.5. The molecule has 2 aromatic rings. The van der Waals surface area contributed by atoms with Crippen LogP contribution < -0.4 is 0 Å². The second-order valence-electron chi connectivity index (χ2n) is 5.44. The van der Waals surface area contributed by atoms with Crippen LogP contribution in [0.25, 0.3) is 0 Å². The summed E-state index contributed by atoms with van der Waals surface area (Å²) in [5.41, 5.74) is 3.19. The molecule has 0 aromatic heterocycles. The molecule has 0 bridgehead atoms. The van der Waals surface area contributed by atoms with Crippen LogP contribution in [0.4, 0.5) is 0 Å². The Hall–Kier alpha value is -2.45. The van der Waals surface area contributed by atoms with Crippen molar-refractivity contribution in [2.24, 2.45) is 4.99 Å². The standard InChI is InChI=1S/C22H25NO3/c1-2-14-24-16-18-26-19-17-25-15-13-23-22(20-9-5-3-6-10-20)21-11-7-4-8-12-21/h1,3-12H,13-19H2. The summed E-state index contributed by atoms with van der Waals surface area (Å²) < 4.78 is 16.1. The first kappa shape index (κ1) is 19.9. The molecule has 0 unspecified atom stereocenters. The topological polar surface area (TPSA) is 40.0 Å². The molecule has 0 N–H and O–H groups in total. The van der Waals surface area contributed by atoms with E-state index in [0.29, 0.717) is 46.2 Å². The van der Waals surface area contributed by atoms with Gasteiger partial charge in [0.1, 0.15) is 6.61 Å². The quantitative estimate of drug-likeness (QED) is 0.335. The average molecular weight is 351 g/mol. The number of rotatable bonds is 12. The molecule has 4 heteroatoms. The summed E-state index contributed by atoms with van der Waals surface area (Å²) in [5, 5.41) is 0. The Labute approximate surface area is 155 Å². The van der Waals surface area contributed by atoms with Crippen molar-refractivity contribution in [3.8, 4) is 12.3 Å².